The summed E-state index contributed by atoms with van der Waals surface area (Å²) < 4.78 is 10.8. The predicted molar refractivity (Wildman–Crippen MR) is 96.3 cm³/mol. The van der Waals surface area contributed by atoms with Crippen LogP contribution >= 0.6 is 0 Å². The van der Waals surface area contributed by atoms with E-state index in [2.05, 4.69) is 5.32 Å². The lowest BCUT2D eigenvalue weighted by Crippen LogP contribution is -2.68. The lowest BCUT2D eigenvalue weighted by molar-refractivity contribution is -0.384. The minimum absolute atomic E-state index is 0.149. The third-order valence-electron chi connectivity index (χ3n) is 4.52. The van der Waals surface area contributed by atoms with Crippen molar-refractivity contribution in [1.29, 1.82) is 0 Å². The molecule has 2 rings (SSSR count). The number of aliphatic hydroxyl groups excluding tert-OH is 4. The van der Waals surface area contributed by atoms with Crippen LogP contribution in [-0.4, -0.2) is 85.2 Å². The highest BCUT2D eigenvalue weighted by molar-refractivity contribution is 5.77. The average Bonchev–Trinajstić information content (AvgIpc) is 2.68. The molecule has 166 valence electrons. The van der Waals surface area contributed by atoms with Crippen LogP contribution in [0.15, 0.2) is 24.3 Å². The van der Waals surface area contributed by atoms with Gasteiger partial charge in [0.15, 0.2) is 0 Å². The second-order valence-electron chi connectivity index (χ2n) is 6.73. The maximum absolute atomic E-state index is 12.0. The fourth-order valence-electron chi connectivity index (χ4n) is 3.06. The number of nitro benzene ring substituents is 1. The number of carboxylic acid groups (broad SMARTS) is 1. The summed E-state index contributed by atoms with van der Waals surface area (Å²) in [5.41, 5.74) is -0.276. The number of nitrogens with zero attached hydrogens (tertiary/aromatic N) is 1. The van der Waals surface area contributed by atoms with Gasteiger partial charge in [-0.3, -0.25) is 14.9 Å². The first-order valence-electron chi connectivity index (χ1n) is 8.77. The predicted octanol–water partition coefficient (Wildman–Crippen LogP) is -1.88. The summed E-state index contributed by atoms with van der Waals surface area (Å²) in [6, 6.07) is 3.03. The van der Waals surface area contributed by atoms with Crippen LogP contribution in [0.3, 0.4) is 0 Å². The third kappa shape index (κ3) is 5.01. The van der Waals surface area contributed by atoms with Crippen molar-refractivity contribution >= 4 is 17.6 Å². The minimum atomic E-state index is -2.56. The molecule has 1 saturated heterocycles. The van der Waals surface area contributed by atoms with Gasteiger partial charge in [-0.15, -0.1) is 0 Å². The van der Waals surface area contributed by atoms with Gasteiger partial charge in [-0.2, -0.15) is 0 Å². The summed E-state index contributed by atoms with van der Waals surface area (Å²) in [7, 11) is 0. The molecule has 0 bridgehead atoms. The summed E-state index contributed by atoms with van der Waals surface area (Å²) in [4.78, 5) is 33.5. The normalized spacial score (nSPS) is 28.2. The Labute approximate surface area is 169 Å². The Morgan fingerprint density at radius 1 is 1.37 bits per heavy atom. The van der Waals surface area contributed by atoms with Crippen LogP contribution in [0, 0.1) is 10.1 Å². The van der Waals surface area contributed by atoms with E-state index in [1.807, 2.05) is 0 Å². The first-order chi connectivity index (χ1) is 14.0. The zero-order valence-corrected chi connectivity index (χ0v) is 15.7. The van der Waals surface area contributed by atoms with Crippen LogP contribution in [0.1, 0.15) is 13.3 Å². The summed E-state index contributed by atoms with van der Waals surface area (Å²) in [5, 5.41) is 62.5. The van der Waals surface area contributed by atoms with E-state index in [1.165, 1.54) is 0 Å². The highest BCUT2D eigenvalue weighted by Gasteiger charge is 2.56. The van der Waals surface area contributed by atoms with E-state index in [0.717, 1.165) is 31.2 Å². The molecule has 6 N–H and O–H groups in total. The molecular weight excluding hydrogens is 408 g/mol. The van der Waals surface area contributed by atoms with Gasteiger partial charge in [0.25, 0.3) is 5.69 Å². The molecule has 13 heteroatoms. The number of hydrogen-bond donors (Lipinski definition) is 6. The van der Waals surface area contributed by atoms with Crippen LogP contribution < -0.4 is 10.1 Å². The van der Waals surface area contributed by atoms with Gasteiger partial charge in [0.1, 0.15) is 24.1 Å². The number of aliphatic carboxylic acids is 1. The molecule has 1 heterocycles. The molecule has 0 aromatic heterocycles. The van der Waals surface area contributed by atoms with Crippen LogP contribution in [-0.2, 0) is 14.3 Å². The van der Waals surface area contributed by atoms with Crippen molar-refractivity contribution in [2.45, 2.75) is 49.6 Å². The lowest BCUT2D eigenvalue weighted by Gasteiger charge is -2.46. The maximum Gasteiger partial charge on any atom is 0.377 e. The van der Waals surface area contributed by atoms with E-state index in [9.17, 15) is 40.1 Å². The molecule has 1 aromatic rings. The molecule has 1 fully saturated rings. The Morgan fingerprint density at radius 3 is 2.43 bits per heavy atom. The van der Waals surface area contributed by atoms with E-state index in [-0.39, 0.29) is 11.4 Å². The molecule has 0 saturated carbocycles. The number of rotatable bonds is 8. The summed E-state index contributed by atoms with van der Waals surface area (Å²) >= 11 is 0. The van der Waals surface area contributed by atoms with Gasteiger partial charge in [-0.25, -0.2) is 4.79 Å². The monoisotopic (exact) mass is 430 g/mol. The molecular formula is C17H22N2O11. The summed E-state index contributed by atoms with van der Waals surface area (Å²) in [6.07, 6.45) is -7.65. The van der Waals surface area contributed by atoms with Crippen molar-refractivity contribution in [1.82, 2.24) is 5.32 Å². The zero-order valence-electron chi connectivity index (χ0n) is 15.7. The van der Waals surface area contributed by atoms with Gasteiger partial charge in [-0.1, -0.05) is 0 Å². The number of ether oxygens (including phenoxy) is 2. The van der Waals surface area contributed by atoms with Crippen molar-refractivity contribution < 1.29 is 49.5 Å². The number of non-ortho nitro benzene ring substituents is 1. The number of hydrogen-bond acceptors (Lipinski definition) is 10. The molecule has 0 spiro atoms. The zero-order chi connectivity index (χ0) is 22.6. The van der Waals surface area contributed by atoms with Gasteiger partial charge >= 0.3 is 11.8 Å². The number of carboxylic acids is 1. The van der Waals surface area contributed by atoms with Gasteiger partial charge < -0.3 is 40.3 Å². The van der Waals surface area contributed by atoms with Crippen molar-refractivity contribution in [2.75, 3.05) is 6.61 Å². The van der Waals surface area contributed by atoms with Crippen molar-refractivity contribution in [3.05, 3.63) is 34.4 Å². The van der Waals surface area contributed by atoms with Gasteiger partial charge in [0.05, 0.1) is 30.1 Å². The largest absolute Gasteiger partial charge is 0.476 e. The van der Waals surface area contributed by atoms with Crippen LogP contribution in [0.25, 0.3) is 0 Å². The van der Waals surface area contributed by atoms with Crippen LogP contribution in [0.4, 0.5) is 5.69 Å². The van der Waals surface area contributed by atoms with E-state index < -0.39 is 66.1 Å². The highest BCUT2D eigenvalue weighted by atomic mass is 16.7. The number of aliphatic hydroxyl groups is 4. The number of carbonyl (C=O) groups is 2. The SMILES string of the molecule is CC(=O)N[C@H]1[C@H]([C@H](O)[C@H](O)CO)O[C@](Oc2ccc([N+](=O)[O-])cc2)(C(=O)O)C[C@@H]1O. The summed E-state index contributed by atoms with van der Waals surface area (Å²) in [5.74, 6) is -5.04. The average molecular weight is 430 g/mol. The number of carbonyl (C=O) groups excluding carboxylic acids is 1. The Morgan fingerprint density at radius 2 is 1.97 bits per heavy atom. The maximum atomic E-state index is 12.0. The van der Waals surface area contributed by atoms with E-state index in [1.54, 1.807) is 0 Å². The molecule has 1 aliphatic rings. The van der Waals surface area contributed by atoms with E-state index in [0.29, 0.717) is 0 Å². The number of benzene rings is 1. The quantitative estimate of drug-likeness (QED) is 0.199. The second-order valence-corrected chi connectivity index (χ2v) is 6.73. The molecule has 1 aliphatic heterocycles. The molecule has 0 unspecified atom stereocenters. The number of nitro groups is 1. The van der Waals surface area contributed by atoms with Crippen LogP contribution in [0.5, 0.6) is 5.75 Å². The molecule has 6 atom stereocenters. The fourth-order valence-corrected chi connectivity index (χ4v) is 3.06. The van der Waals surface area contributed by atoms with Gasteiger partial charge in [0.2, 0.25) is 5.91 Å². The molecule has 0 aliphatic carbocycles. The molecule has 1 aromatic carbocycles. The number of nitrogens with one attached hydrogen (secondary N) is 1. The first kappa shape index (κ1) is 23.4. The van der Waals surface area contributed by atoms with E-state index >= 15 is 0 Å². The van der Waals surface area contributed by atoms with Gasteiger partial charge in [-0.05, 0) is 12.1 Å². The Kier molecular flexibility index (Phi) is 7.28. The lowest BCUT2D eigenvalue weighted by atomic mass is 9.88. The second kappa shape index (κ2) is 9.32. The topological polar surface area (TPSA) is 209 Å². The smallest absolute Gasteiger partial charge is 0.377 e. The number of amides is 1. The fraction of sp³-hybridized carbons (Fsp3) is 0.529. The van der Waals surface area contributed by atoms with Crippen LogP contribution in [0.2, 0.25) is 0 Å². The van der Waals surface area contributed by atoms with E-state index in [4.69, 9.17) is 14.6 Å². The Balaban J connectivity index is 2.40. The third-order valence-corrected chi connectivity index (χ3v) is 4.52. The molecule has 30 heavy (non-hydrogen) atoms. The van der Waals surface area contributed by atoms with Gasteiger partial charge in [0, 0.05) is 19.1 Å². The molecule has 13 nitrogen and oxygen atoms in total. The Bertz CT molecular complexity index is 786. The van der Waals surface area contributed by atoms with Crippen molar-refractivity contribution in [3.63, 3.8) is 0 Å². The minimum Gasteiger partial charge on any atom is -0.476 e. The molecule has 1 amide bonds. The molecule has 0 radical (unpaired) electrons. The van der Waals surface area contributed by atoms with Crippen molar-refractivity contribution in [2.24, 2.45) is 0 Å². The first-order valence-corrected chi connectivity index (χ1v) is 8.77. The Hall–Kier alpha value is -2.84. The standard InChI is InChI=1S/C17H22N2O11/c1-8(21)18-13-11(22)6-17(16(25)26,30-15(13)14(24)12(23)7-20)29-10-4-2-9(3-5-10)19(27)28/h2-5,11-15,20,22-24H,6-7H2,1H3,(H,18,21)(H,25,26)/t11-,12+,13+,14+,15+,17-/m0/s1. The summed E-state index contributed by atoms with van der Waals surface area (Å²) in [6.45, 7) is 0.207. The highest BCUT2D eigenvalue weighted by Crippen LogP contribution is 2.35. The van der Waals surface area contributed by atoms with Crippen molar-refractivity contribution in [3.8, 4) is 5.75 Å².